The van der Waals surface area contributed by atoms with Crippen molar-refractivity contribution in [2.24, 2.45) is 5.92 Å². The van der Waals surface area contributed by atoms with Crippen LogP contribution in [0.1, 0.15) is 63.7 Å². The monoisotopic (exact) mass is 618 g/mol. The molecule has 2 aromatic heterocycles. The van der Waals surface area contributed by atoms with E-state index in [-0.39, 0.29) is 41.3 Å². The lowest BCUT2D eigenvalue weighted by Crippen LogP contribution is -2.37. The molecule has 3 aromatic rings. The molecule has 15 heteroatoms. The molecule has 4 rings (SSSR count). The van der Waals surface area contributed by atoms with E-state index in [1.165, 1.54) is 0 Å². The summed E-state index contributed by atoms with van der Waals surface area (Å²) < 4.78 is 72.2. The molecule has 1 N–H and O–H groups in total. The fourth-order valence-corrected chi connectivity index (χ4v) is 5.40. The van der Waals surface area contributed by atoms with Crippen LogP contribution in [0, 0.1) is 17.6 Å². The second kappa shape index (κ2) is 12.1. The Morgan fingerprint density at radius 2 is 1.66 bits per heavy atom. The van der Waals surface area contributed by atoms with Gasteiger partial charge in [0.1, 0.15) is 0 Å². The zero-order chi connectivity index (χ0) is 30.1. The summed E-state index contributed by atoms with van der Waals surface area (Å²) in [5.41, 5.74) is -2.98. The molecule has 0 spiro atoms. The lowest BCUT2D eigenvalue weighted by atomic mass is 9.86. The van der Waals surface area contributed by atoms with Crippen LogP contribution in [0.4, 0.5) is 22.0 Å². The van der Waals surface area contributed by atoms with Gasteiger partial charge in [0.15, 0.2) is 23.1 Å². The van der Waals surface area contributed by atoms with E-state index in [4.69, 9.17) is 23.2 Å². The molecule has 2 heterocycles. The van der Waals surface area contributed by atoms with Crippen molar-refractivity contribution in [3.8, 4) is 0 Å². The SMILES string of the molecule is O=C(CN(Cc1cccc(F)c1F)C(=O)c1cnn([C@H]2CC[C@H](C(=O)O)CC2)c1C(F)(F)F)c1c(Cl)cncc1Cl. The van der Waals surface area contributed by atoms with Gasteiger partial charge in [-0.3, -0.25) is 24.0 Å². The molecule has 1 aliphatic rings. The van der Waals surface area contributed by atoms with E-state index in [0.717, 1.165) is 30.6 Å². The molecule has 8 nitrogen and oxygen atoms in total. The lowest BCUT2D eigenvalue weighted by molar-refractivity contribution is -0.147. The number of nitrogens with zero attached hydrogens (tertiary/aromatic N) is 4. The van der Waals surface area contributed by atoms with Gasteiger partial charge in [-0.25, -0.2) is 8.78 Å². The number of aliphatic carboxylic acids is 1. The van der Waals surface area contributed by atoms with E-state index in [1.807, 2.05) is 0 Å². The van der Waals surface area contributed by atoms with Gasteiger partial charge in [0.2, 0.25) is 0 Å². The Balaban J connectivity index is 1.73. The molecule has 0 aliphatic heterocycles. The molecular formula is C26H21Cl2F5N4O4. The molecule has 1 fully saturated rings. The van der Waals surface area contributed by atoms with Gasteiger partial charge in [-0.15, -0.1) is 0 Å². The number of Topliss-reactive ketones (excluding diaryl/α,β-unsaturated/α-hetero) is 1. The lowest BCUT2D eigenvalue weighted by Gasteiger charge is -2.28. The number of rotatable bonds is 8. The Hall–Kier alpha value is -3.58. The third-order valence-electron chi connectivity index (χ3n) is 6.83. The van der Waals surface area contributed by atoms with Crippen molar-refractivity contribution in [3.63, 3.8) is 0 Å². The number of pyridine rings is 1. The Morgan fingerprint density at radius 3 is 2.24 bits per heavy atom. The minimum Gasteiger partial charge on any atom is -0.481 e. The number of benzene rings is 1. The average Bonchev–Trinajstić information content (AvgIpc) is 3.36. The summed E-state index contributed by atoms with van der Waals surface area (Å²) in [6.45, 7) is -1.68. The van der Waals surface area contributed by atoms with Crippen molar-refractivity contribution >= 4 is 40.9 Å². The van der Waals surface area contributed by atoms with Crippen LogP contribution in [0.15, 0.2) is 36.8 Å². The zero-order valence-electron chi connectivity index (χ0n) is 21.0. The van der Waals surface area contributed by atoms with Crippen molar-refractivity contribution in [3.05, 3.63) is 80.9 Å². The first-order chi connectivity index (χ1) is 19.3. The highest BCUT2D eigenvalue weighted by Gasteiger charge is 2.43. The molecule has 0 saturated heterocycles. The van der Waals surface area contributed by atoms with Crippen molar-refractivity contribution in [2.45, 2.75) is 44.4 Å². The highest BCUT2D eigenvalue weighted by atomic mass is 35.5. The minimum absolute atomic E-state index is 0.0745. The minimum atomic E-state index is -5.08. The number of aromatic nitrogens is 3. The number of carbonyl (C=O) groups excluding carboxylic acids is 2. The quantitative estimate of drug-likeness (QED) is 0.237. The van der Waals surface area contributed by atoms with Crippen molar-refractivity contribution in [2.75, 3.05) is 6.54 Å². The van der Waals surface area contributed by atoms with Crippen LogP contribution < -0.4 is 0 Å². The van der Waals surface area contributed by atoms with Crippen LogP contribution in [0.5, 0.6) is 0 Å². The number of alkyl halides is 3. The number of ketones is 1. The Labute approximate surface area is 239 Å². The van der Waals surface area contributed by atoms with Gasteiger partial charge in [-0.05, 0) is 31.7 Å². The van der Waals surface area contributed by atoms with Gasteiger partial charge >= 0.3 is 12.1 Å². The molecule has 0 radical (unpaired) electrons. The maximum atomic E-state index is 14.5. The average molecular weight is 619 g/mol. The third-order valence-corrected chi connectivity index (χ3v) is 7.41. The van der Waals surface area contributed by atoms with E-state index in [2.05, 4.69) is 10.1 Å². The second-order valence-electron chi connectivity index (χ2n) is 9.47. The number of hydrogen-bond acceptors (Lipinski definition) is 5. The van der Waals surface area contributed by atoms with Gasteiger partial charge in [0.05, 0.1) is 45.9 Å². The number of carbonyl (C=O) groups is 3. The third kappa shape index (κ3) is 6.51. The first-order valence-corrected chi connectivity index (χ1v) is 13.0. The highest BCUT2D eigenvalue weighted by molar-refractivity contribution is 6.39. The molecule has 0 atom stereocenters. The maximum Gasteiger partial charge on any atom is 0.433 e. The van der Waals surface area contributed by atoms with E-state index in [0.29, 0.717) is 15.8 Å². The highest BCUT2D eigenvalue weighted by Crippen LogP contribution is 2.39. The van der Waals surface area contributed by atoms with Crippen LogP contribution in [-0.4, -0.2) is 49.0 Å². The topological polar surface area (TPSA) is 105 Å². The number of hydrogen-bond donors (Lipinski definition) is 1. The van der Waals surface area contributed by atoms with Gasteiger partial charge in [-0.1, -0.05) is 35.3 Å². The summed E-state index contributed by atoms with van der Waals surface area (Å²) in [6.07, 6.45) is -1.80. The van der Waals surface area contributed by atoms with Crippen molar-refractivity contribution < 1.29 is 41.4 Å². The van der Waals surface area contributed by atoms with Crippen LogP contribution in [0.25, 0.3) is 0 Å². The summed E-state index contributed by atoms with van der Waals surface area (Å²) in [7, 11) is 0. The molecule has 1 amide bonds. The molecular weight excluding hydrogens is 598 g/mol. The summed E-state index contributed by atoms with van der Waals surface area (Å²) >= 11 is 12.1. The fraction of sp³-hybridized carbons (Fsp3) is 0.346. The maximum absolute atomic E-state index is 14.5. The van der Waals surface area contributed by atoms with Crippen LogP contribution >= 0.6 is 23.2 Å². The summed E-state index contributed by atoms with van der Waals surface area (Å²) in [4.78, 5) is 42.4. The van der Waals surface area contributed by atoms with Crippen LogP contribution in [-0.2, 0) is 17.5 Å². The first-order valence-electron chi connectivity index (χ1n) is 12.2. The molecule has 1 aliphatic carbocycles. The Kier molecular flexibility index (Phi) is 8.97. The molecule has 0 unspecified atom stereocenters. The second-order valence-corrected chi connectivity index (χ2v) is 10.3. The predicted octanol–water partition coefficient (Wildman–Crippen LogP) is 6.22. The molecule has 1 aromatic carbocycles. The number of carboxylic acids is 1. The van der Waals surface area contributed by atoms with E-state index < -0.39 is 77.3 Å². The molecule has 1 saturated carbocycles. The van der Waals surface area contributed by atoms with Gasteiger partial charge < -0.3 is 10.0 Å². The van der Waals surface area contributed by atoms with E-state index >= 15 is 0 Å². The largest absolute Gasteiger partial charge is 0.481 e. The Morgan fingerprint density at radius 1 is 1.02 bits per heavy atom. The van der Waals surface area contributed by atoms with Crippen LogP contribution in [0.3, 0.4) is 0 Å². The summed E-state index contributed by atoms with van der Waals surface area (Å²) in [5.74, 6) is -6.58. The van der Waals surface area contributed by atoms with Crippen LogP contribution in [0.2, 0.25) is 10.0 Å². The Bertz CT molecular complexity index is 1470. The molecule has 218 valence electrons. The number of carboxylic acid groups (broad SMARTS) is 1. The standard InChI is InChI=1S/C26H21Cl2F5N4O4/c27-17-9-34-10-18(28)21(17)20(38)12-36(11-14-2-1-3-19(29)22(14)30)24(39)16-8-35-37(23(16)26(31,32)33)15-6-4-13(5-7-15)25(40)41/h1-3,8-10,13,15H,4-7,11-12H2,(H,40,41)/t13-,15-. The smallest absolute Gasteiger partial charge is 0.433 e. The normalized spacial score (nSPS) is 17.3. The van der Waals surface area contributed by atoms with Crippen molar-refractivity contribution in [1.82, 2.24) is 19.7 Å². The molecule has 41 heavy (non-hydrogen) atoms. The van der Waals surface area contributed by atoms with Gasteiger partial charge in [0.25, 0.3) is 5.91 Å². The van der Waals surface area contributed by atoms with E-state index in [9.17, 15) is 41.4 Å². The van der Waals surface area contributed by atoms with Gasteiger partial charge in [0, 0.05) is 24.5 Å². The summed E-state index contributed by atoms with van der Waals surface area (Å²) in [5, 5.41) is 12.7. The van der Waals surface area contributed by atoms with Crippen molar-refractivity contribution in [1.29, 1.82) is 0 Å². The first kappa shape index (κ1) is 30.4. The predicted molar refractivity (Wildman–Crippen MR) is 136 cm³/mol. The fourth-order valence-electron chi connectivity index (χ4n) is 4.82. The number of amides is 1. The van der Waals surface area contributed by atoms with Gasteiger partial charge in [-0.2, -0.15) is 18.3 Å². The zero-order valence-corrected chi connectivity index (χ0v) is 22.5. The summed E-state index contributed by atoms with van der Waals surface area (Å²) in [6, 6.07) is 2.23. The van der Waals surface area contributed by atoms with E-state index in [1.54, 1.807) is 0 Å². The number of halogens is 7. The molecule has 0 bridgehead atoms.